The first-order valence-electron chi connectivity index (χ1n) is 5.48. The highest BCUT2D eigenvalue weighted by molar-refractivity contribution is 5.66. The smallest absolute Gasteiger partial charge is 0.303 e. The Balaban J connectivity index is 2.64. The summed E-state index contributed by atoms with van der Waals surface area (Å²) < 4.78 is 0. The van der Waals surface area contributed by atoms with Crippen LogP contribution in [0.15, 0.2) is 30.3 Å². The molecule has 0 saturated heterocycles. The zero-order valence-corrected chi connectivity index (χ0v) is 9.41. The van der Waals surface area contributed by atoms with Crippen molar-refractivity contribution in [1.82, 2.24) is 0 Å². The van der Waals surface area contributed by atoms with Gasteiger partial charge in [-0.25, -0.2) is 0 Å². The number of hydrogen-bond acceptors (Lipinski definition) is 3. The standard InChI is InChI=1S/C12H15NO4/c14-12(15)7-6-11(8-9-13(16)17)10-4-2-1-3-5-10/h1-5,11H,6-9H2,(H,14,15). The molecule has 92 valence electrons. The Kier molecular flexibility index (Phi) is 5.13. The van der Waals surface area contributed by atoms with Gasteiger partial charge in [0.25, 0.3) is 0 Å². The fourth-order valence-corrected chi connectivity index (χ4v) is 1.76. The van der Waals surface area contributed by atoms with Crippen molar-refractivity contribution in [3.05, 3.63) is 46.0 Å². The first-order valence-corrected chi connectivity index (χ1v) is 5.48. The van der Waals surface area contributed by atoms with E-state index in [1.165, 1.54) is 0 Å². The van der Waals surface area contributed by atoms with Crippen molar-refractivity contribution in [3.63, 3.8) is 0 Å². The third-order valence-corrected chi connectivity index (χ3v) is 2.64. The lowest BCUT2D eigenvalue weighted by molar-refractivity contribution is -0.481. The van der Waals surface area contributed by atoms with Gasteiger partial charge in [-0.3, -0.25) is 14.9 Å². The molecule has 1 unspecified atom stereocenters. The van der Waals surface area contributed by atoms with E-state index in [4.69, 9.17) is 5.11 Å². The fraction of sp³-hybridized carbons (Fsp3) is 0.417. The summed E-state index contributed by atoms with van der Waals surface area (Å²) in [5.41, 5.74) is 0.968. The van der Waals surface area contributed by atoms with Crippen LogP contribution in [0.2, 0.25) is 0 Å². The molecule has 1 aromatic rings. The Morgan fingerprint density at radius 3 is 2.47 bits per heavy atom. The first-order chi connectivity index (χ1) is 8.09. The van der Waals surface area contributed by atoms with Gasteiger partial charge in [-0.1, -0.05) is 30.3 Å². The van der Waals surface area contributed by atoms with E-state index in [0.29, 0.717) is 12.8 Å². The average molecular weight is 237 g/mol. The third-order valence-electron chi connectivity index (χ3n) is 2.64. The van der Waals surface area contributed by atoms with Gasteiger partial charge in [-0.15, -0.1) is 0 Å². The second kappa shape index (κ2) is 6.62. The molecule has 5 nitrogen and oxygen atoms in total. The molecule has 0 aliphatic rings. The molecule has 0 heterocycles. The van der Waals surface area contributed by atoms with Crippen LogP contribution in [0.4, 0.5) is 0 Å². The van der Waals surface area contributed by atoms with Crippen molar-refractivity contribution in [1.29, 1.82) is 0 Å². The van der Waals surface area contributed by atoms with Crippen molar-refractivity contribution in [2.24, 2.45) is 0 Å². The molecule has 0 radical (unpaired) electrons. The molecule has 0 aliphatic carbocycles. The number of benzene rings is 1. The maximum absolute atomic E-state index is 10.5. The quantitative estimate of drug-likeness (QED) is 0.582. The molecule has 0 fully saturated rings. The fourth-order valence-electron chi connectivity index (χ4n) is 1.76. The third kappa shape index (κ3) is 5.10. The van der Waals surface area contributed by atoms with E-state index >= 15 is 0 Å². The zero-order chi connectivity index (χ0) is 12.7. The topological polar surface area (TPSA) is 80.4 Å². The van der Waals surface area contributed by atoms with E-state index in [9.17, 15) is 14.9 Å². The summed E-state index contributed by atoms with van der Waals surface area (Å²) in [6.07, 6.45) is 0.856. The molecular weight excluding hydrogens is 222 g/mol. The monoisotopic (exact) mass is 237 g/mol. The first kappa shape index (κ1) is 13.2. The SMILES string of the molecule is O=C(O)CCC(CC[N+](=O)[O-])c1ccccc1. The largest absolute Gasteiger partial charge is 0.481 e. The van der Waals surface area contributed by atoms with Crippen LogP contribution in [0.1, 0.15) is 30.7 Å². The van der Waals surface area contributed by atoms with Gasteiger partial charge in [0, 0.05) is 17.8 Å². The van der Waals surface area contributed by atoms with Crippen LogP contribution in [0.25, 0.3) is 0 Å². The summed E-state index contributed by atoms with van der Waals surface area (Å²) in [5.74, 6) is -0.926. The molecule has 1 rings (SSSR count). The van der Waals surface area contributed by atoms with Gasteiger partial charge >= 0.3 is 5.97 Å². The summed E-state index contributed by atoms with van der Waals surface area (Å²) in [7, 11) is 0. The van der Waals surface area contributed by atoms with Crippen LogP contribution in [0, 0.1) is 10.1 Å². The van der Waals surface area contributed by atoms with Gasteiger partial charge in [0.05, 0.1) is 0 Å². The summed E-state index contributed by atoms with van der Waals surface area (Å²) in [4.78, 5) is 20.5. The number of carbonyl (C=O) groups is 1. The Labute approximate surface area is 99.2 Å². The van der Waals surface area contributed by atoms with E-state index in [1.54, 1.807) is 0 Å². The van der Waals surface area contributed by atoms with Gasteiger partial charge in [0.1, 0.15) is 0 Å². The molecule has 1 N–H and O–H groups in total. The van der Waals surface area contributed by atoms with Crippen molar-refractivity contribution >= 4 is 5.97 Å². The second-order valence-electron chi connectivity index (χ2n) is 3.89. The van der Waals surface area contributed by atoms with Crippen molar-refractivity contribution < 1.29 is 14.8 Å². The number of carboxylic acids is 1. The lowest BCUT2D eigenvalue weighted by Crippen LogP contribution is -2.09. The molecule has 17 heavy (non-hydrogen) atoms. The molecule has 0 bridgehead atoms. The number of hydrogen-bond donors (Lipinski definition) is 1. The number of nitrogens with zero attached hydrogens (tertiary/aromatic N) is 1. The number of nitro groups is 1. The van der Waals surface area contributed by atoms with Gasteiger partial charge in [0.2, 0.25) is 6.54 Å². The Hall–Kier alpha value is -1.91. The highest BCUT2D eigenvalue weighted by Gasteiger charge is 2.15. The van der Waals surface area contributed by atoms with Gasteiger partial charge in [0.15, 0.2) is 0 Å². The minimum Gasteiger partial charge on any atom is -0.481 e. The summed E-state index contributed by atoms with van der Waals surface area (Å²) >= 11 is 0. The normalized spacial score (nSPS) is 12.0. The number of rotatable bonds is 7. The van der Waals surface area contributed by atoms with Crippen LogP contribution < -0.4 is 0 Å². The molecule has 1 atom stereocenters. The van der Waals surface area contributed by atoms with Crippen LogP contribution in [0.5, 0.6) is 0 Å². The summed E-state index contributed by atoms with van der Waals surface area (Å²) in [6.45, 7) is -0.126. The maximum atomic E-state index is 10.5. The van der Waals surface area contributed by atoms with Gasteiger partial charge in [-0.05, 0) is 17.9 Å². The Morgan fingerprint density at radius 1 is 1.29 bits per heavy atom. The molecule has 0 aliphatic heterocycles. The second-order valence-corrected chi connectivity index (χ2v) is 3.89. The maximum Gasteiger partial charge on any atom is 0.303 e. The highest BCUT2D eigenvalue weighted by atomic mass is 16.6. The van der Waals surface area contributed by atoms with Gasteiger partial charge < -0.3 is 5.11 Å². The van der Waals surface area contributed by atoms with E-state index in [2.05, 4.69) is 0 Å². The van der Waals surface area contributed by atoms with Crippen molar-refractivity contribution in [2.45, 2.75) is 25.2 Å². The minimum atomic E-state index is -0.868. The number of carboxylic acid groups (broad SMARTS) is 1. The van der Waals surface area contributed by atoms with Gasteiger partial charge in [-0.2, -0.15) is 0 Å². The van der Waals surface area contributed by atoms with Crippen LogP contribution in [0.3, 0.4) is 0 Å². The van der Waals surface area contributed by atoms with Crippen LogP contribution in [-0.4, -0.2) is 22.5 Å². The minimum absolute atomic E-state index is 0.0390. The zero-order valence-electron chi connectivity index (χ0n) is 9.41. The lowest BCUT2D eigenvalue weighted by atomic mass is 9.91. The average Bonchev–Trinajstić information content (AvgIpc) is 2.29. The molecule has 0 aromatic heterocycles. The predicted molar refractivity (Wildman–Crippen MR) is 62.5 cm³/mol. The molecular formula is C12H15NO4. The predicted octanol–water partition coefficient (Wildman–Crippen LogP) is 2.30. The summed E-state index contributed by atoms with van der Waals surface area (Å²) in [5, 5.41) is 19.0. The van der Waals surface area contributed by atoms with E-state index in [1.807, 2.05) is 30.3 Å². The molecule has 5 heteroatoms. The van der Waals surface area contributed by atoms with Crippen LogP contribution in [-0.2, 0) is 4.79 Å². The number of aliphatic carboxylic acids is 1. The van der Waals surface area contributed by atoms with E-state index in [-0.39, 0.29) is 23.8 Å². The molecule has 0 saturated carbocycles. The molecule has 0 spiro atoms. The summed E-state index contributed by atoms with van der Waals surface area (Å²) in [6, 6.07) is 9.34. The van der Waals surface area contributed by atoms with E-state index < -0.39 is 5.97 Å². The molecule has 0 amide bonds. The van der Waals surface area contributed by atoms with Crippen molar-refractivity contribution in [2.75, 3.05) is 6.54 Å². The van der Waals surface area contributed by atoms with Crippen LogP contribution >= 0.6 is 0 Å². The Morgan fingerprint density at radius 2 is 1.94 bits per heavy atom. The lowest BCUT2D eigenvalue weighted by Gasteiger charge is -2.14. The van der Waals surface area contributed by atoms with Crippen molar-refractivity contribution in [3.8, 4) is 0 Å². The molecule has 1 aromatic carbocycles. The Bertz CT molecular complexity index is 359. The highest BCUT2D eigenvalue weighted by Crippen LogP contribution is 2.24. The van der Waals surface area contributed by atoms with E-state index in [0.717, 1.165) is 5.56 Å².